The number of unbranched alkanes of at least 4 members (excludes halogenated alkanes) is 24. The van der Waals surface area contributed by atoms with Crippen molar-refractivity contribution in [3.8, 4) is 0 Å². The number of aliphatic hydroxyl groups excluding tert-OH is 1. The third-order valence-electron chi connectivity index (χ3n) is 9.09. The number of nitrogens with one attached hydrogen (secondary N) is 1. The Hall–Kier alpha value is -1.10. The number of carbonyl (C=O) groups excluding carboxylic acids is 2. The van der Waals surface area contributed by atoms with Gasteiger partial charge >= 0.3 is 5.97 Å². The van der Waals surface area contributed by atoms with E-state index in [1.54, 1.807) is 0 Å². The highest BCUT2D eigenvalue weighted by Crippen LogP contribution is 2.24. The van der Waals surface area contributed by atoms with Gasteiger partial charge in [-0.05, 0) is 38.5 Å². The second-order valence-electron chi connectivity index (χ2n) is 13.4. The molecule has 0 aliphatic carbocycles. The number of allylic oxidation sites excluding steroid dienone is 2. The zero-order valence-electron chi connectivity index (χ0n) is 30.1. The van der Waals surface area contributed by atoms with Gasteiger partial charge in [-0.3, -0.25) is 19.5 Å². The van der Waals surface area contributed by atoms with Crippen molar-refractivity contribution in [2.24, 2.45) is 5.92 Å². The first kappa shape index (κ1) is 44.9. The fourth-order valence-corrected chi connectivity index (χ4v) is 6.97. The molecular formula is C39H74NO5P. The van der Waals surface area contributed by atoms with Crippen molar-refractivity contribution >= 4 is 26.0 Å². The van der Waals surface area contributed by atoms with Crippen LogP contribution in [0.25, 0.3) is 0 Å². The molecular weight excluding hydrogens is 593 g/mol. The van der Waals surface area contributed by atoms with Gasteiger partial charge in [0.1, 0.15) is 11.8 Å². The van der Waals surface area contributed by atoms with E-state index in [0.29, 0.717) is 12.8 Å². The molecule has 0 rings (SSSR count). The van der Waals surface area contributed by atoms with Crippen molar-refractivity contribution in [1.82, 2.24) is 5.09 Å². The lowest BCUT2D eigenvalue weighted by Crippen LogP contribution is -2.36. The van der Waals surface area contributed by atoms with Gasteiger partial charge in [0, 0.05) is 15.2 Å². The first-order chi connectivity index (χ1) is 22.5. The predicted octanol–water partition coefficient (Wildman–Crippen LogP) is 11.2. The number of rotatable bonds is 37. The van der Waals surface area contributed by atoms with Gasteiger partial charge in [-0.25, -0.2) is 0 Å². The van der Waals surface area contributed by atoms with Crippen LogP contribution in [0, 0.1) is 5.92 Å². The zero-order valence-corrected chi connectivity index (χ0v) is 31.1. The van der Waals surface area contributed by atoms with Crippen molar-refractivity contribution in [2.45, 2.75) is 206 Å². The summed E-state index contributed by atoms with van der Waals surface area (Å²) < 4.78 is 0. The molecule has 6 nitrogen and oxygen atoms in total. The van der Waals surface area contributed by atoms with Gasteiger partial charge < -0.3 is 10.2 Å². The molecule has 46 heavy (non-hydrogen) atoms. The molecule has 270 valence electrons. The van der Waals surface area contributed by atoms with E-state index in [2.05, 4.69) is 31.1 Å². The number of carboxylic acid groups (broad SMARTS) is 1. The SMILES string of the molecule is CCCCCCCCC=CCCCCCCC(C(=O)CCCCCCCCCCCCCCCCC)C(=O)PNC(CO)C(=O)O. The third kappa shape index (κ3) is 29.1. The molecule has 7 heteroatoms. The first-order valence-corrected chi connectivity index (χ1v) is 20.5. The summed E-state index contributed by atoms with van der Waals surface area (Å²) in [6.07, 6.45) is 38.9. The summed E-state index contributed by atoms with van der Waals surface area (Å²) in [6.45, 7) is 3.93. The van der Waals surface area contributed by atoms with Gasteiger partial charge in [0.15, 0.2) is 5.52 Å². The molecule has 0 aromatic carbocycles. The molecule has 0 spiro atoms. The molecule has 0 heterocycles. The summed E-state index contributed by atoms with van der Waals surface area (Å²) in [5.41, 5.74) is -0.219. The maximum absolute atomic E-state index is 13.1. The fraction of sp³-hybridized carbons (Fsp3) is 0.872. The van der Waals surface area contributed by atoms with E-state index in [0.717, 1.165) is 51.4 Å². The molecule has 0 aliphatic rings. The van der Waals surface area contributed by atoms with E-state index in [1.165, 1.54) is 122 Å². The predicted molar refractivity (Wildman–Crippen MR) is 198 cm³/mol. The number of carboxylic acids is 1. The summed E-state index contributed by atoms with van der Waals surface area (Å²) in [6, 6.07) is -1.18. The molecule has 3 atom stereocenters. The lowest BCUT2D eigenvalue weighted by molar-refractivity contribution is -0.139. The van der Waals surface area contributed by atoms with E-state index in [4.69, 9.17) is 0 Å². The maximum atomic E-state index is 13.1. The second kappa shape index (κ2) is 35.2. The van der Waals surface area contributed by atoms with E-state index < -0.39 is 33.3 Å². The van der Waals surface area contributed by atoms with Crippen LogP contribution in [0.2, 0.25) is 0 Å². The van der Waals surface area contributed by atoms with Crippen molar-refractivity contribution in [1.29, 1.82) is 0 Å². The number of carbonyl (C=O) groups is 3. The summed E-state index contributed by atoms with van der Waals surface area (Å²) in [4.78, 5) is 37.3. The summed E-state index contributed by atoms with van der Waals surface area (Å²) in [7, 11) is -0.486. The van der Waals surface area contributed by atoms with Crippen LogP contribution in [0.5, 0.6) is 0 Å². The smallest absolute Gasteiger partial charge is 0.323 e. The highest BCUT2D eigenvalue weighted by atomic mass is 31.1. The van der Waals surface area contributed by atoms with Crippen LogP contribution < -0.4 is 5.09 Å². The molecule has 0 aromatic rings. The zero-order chi connectivity index (χ0) is 33.9. The lowest BCUT2D eigenvalue weighted by Gasteiger charge is -2.17. The quantitative estimate of drug-likeness (QED) is 0.0264. The van der Waals surface area contributed by atoms with Crippen LogP contribution in [0.4, 0.5) is 0 Å². The highest BCUT2D eigenvalue weighted by molar-refractivity contribution is 7.56. The van der Waals surface area contributed by atoms with Crippen LogP contribution in [-0.4, -0.2) is 40.1 Å². The summed E-state index contributed by atoms with van der Waals surface area (Å²) >= 11 is 0. The van der Waals surface area contributed by atoms with Crippen LogP contribution in [0.1, 0.15) is 200 Å². The van der Waals surface area contributed by atoms with Gasteiger partial charge in [0.05, 0.1) is 12.5 Å². The van der Waals surface area contributed by atoms with Gasteiger partial charge in [0.25, 0.3) is 0 Å². The Morgan fingerprint density at radius 1 is 0.587 bits per heavy atom. The first-order valence-electron chi connectivity index (χ1n) is 19.5. The molecule has 0 bridgehead atoms. The second-order valence-corrected chi connectivity index (χ2v) is 14.5. The molecule has 3 unspecified atom stereocenters. The standard InChI is InChI=1S/C39H74NO5P/c1-3-5-7-9-11-13-15-17-19-21-23-25-27-29-31-33-37(42)35(39(45)46-40-36(34-41)38(43)44)32-30-28-26-24-22-20-18-16-14-12-10-8-6-4-2/h18,20,35-36,40-41,46H,3-17,19,21-34H2,1-2H3,(H,43,44). The Morgan fingerprint density at radius 2 is 0.978 bits per heavy atom. The number of hydrogen-bond donors (Lipinski definition) is 3. The monoisotopic (exact) mass is 668 g/mol. The number of hydrogen-bond acceptors (Lipinski definition) is 5. The summed E-state index contributed by atoms with van der Waals surface area (Å²) in [5.74, 6) is -1.85. The van der Waals surface area contributed by atoms with Crippen LogP contribution >= 0.6 is 8.73 Å². The van der Waals surface area contributed by atoms with E-state index in [9.17, 15) is 24.6 Å². The number of ketones is 1. The van der Waals surface area contributed by atoms with Crippen LogP contribution in [0.15, 0.2) is 12.2 Å². The minimum absolute atomic E-state index is 0.00231. The number of Topliss-reactive ketones (excluding diaryl/α,β-unsaturated/α-hetero) is 1. The van der Waals surface area contributed by atoms with E-state index in [1.807, 2.05) is 0 Å². The fourth-order valence-electron chi connectivity index (χ4n) is 5.96. The molecule has 0 aliphatic heterocycles. The topological polar surface area (TPSA) is 104 Å². The minimum atomic E-state index is -1.19. The molecule has 0 saturated carbocycles. The van der Waals surface area contributed by atoms with Crippen LogP contribution in [-0.2, 0) is 14.4 Å². The van der Waals surface area contributed by atoms with Gasteiger partial charge in [0.2, 0.25) is 0 Å². The van der Waals surface area contributed by atoms with Crippen molar-refractivity contribution < 1.29 is 24.6 Å². The van der Waals surface area contributed by atoms with Crippen LogP contribution in [0.3, 0.4) is 0 Å². The van der Waals surface area contributed by atoms with Crippen molar-refractivity contribution in [2.75, 3.05) is 6.61 Å². The molecule has 0 aromatic heterocycles. The number of aliphatic carboxylic acids is 1. The Bertz CT molecular complexity index is 744. The molecule has 0 fully saturated rings. The average Bonchev–Trinajstić information content (AvgIpc) is 3.04. The number of aliphatic hydroxyl groups is 1. The molecule has 3 N–H and O–H groups in total. The Kier molecular flexibility index (Phi) is 34.4. The largest absolute Gasteiger partial charge is 0.480 e. The maximum Gasteiger partial charge on any atom is 0.323 e. The van der Waals surface area contributed by atoms with Crippen molar-refractivity contribution in [3.63, 3.8) is 0 Å². The molecule has 0 radical (unpaired) electrons. The van der Waals surface area contributed by atoms with Gasteiger partial charge in [-0.15, -0.1) is 0 Å². The Balaban J connectivity index is 4.23. The third-order valence-corrected chi connectivity index (χ3v) is 10.2. The molecule has 0 saturated heterocycles. The normalized spacial score (nSPS) is 13.2. The Morgan fingerprint density at radius 3 is 1.39 bits per heavy atom. The average molecular weight is 668 g/mol. The Labute approximate surface area is 286 Å². The van der Waals surface area contributed by atoms with Gasteiger partial charge in [-0.1, -0.05) is 167 Å². The molecule has 0 amide bonds. The minimum Gasteiger partial charge on any atom is -0.480 e. The summed E-state index contributed by atoms with van der Waals surface area (Å²) in [5, 5.41) is 21.1. The highest BCUT2D eigenvalue weighted by Gasteiger charge is 2.27. The van der Waals surface area contributed by atoms with E-state index >= 15 is 0 Å². The van der Waals surface area contributed by atoms with Gasteiger partial charge in [-0.2, -0.15) is 0 Å². The van der Waals surface area contributed by atoms with Crippen molar-refractivity contribution in [3.05, 3.63) is 12.2 Å². The lowest BCUT2D eigenvalue weighted by atomic mass is 9.94. The van der Waals surface area contributed by atoms with E-state index in [-0.39, 0.29) is 11.3 Å².